The van der Waals surface area contributed by atoms with Gasteiger partial charge in [-0.2, -0.15) is 0 Å². The molecule has 1 aliphatic heterocycles. The van der Waals surface area contributed by atoms with Crippen molar-refractivity contribution in [3.8, 4) is 0 Å². The van der Waals surface area contributed by atoms with E-state index in [0.29, 0.717) is 25.2 Å². The van der Waals surface area contributed by atoms with Crippen molar-refractivity contribution in [1.29, 1.82) is 0 Å². The van der Waals surface area contributed by atoms with E-state index in [1.165, 1.54) is 0 Å². The van der Waals surface area contributed by atoms with Crippen molar-refractivity contribution in [3.05, 3.63) is 0 Å². The summed E-state index contributed by atoms with van der Waals surface area (Å²) >= 11 is 0. The highest BCUT2D eigenvalue weighted by Gasteiger charge is 2.63. The first-order chi connectivity index (χ1) is 9.36. The highest BCUT2D eigenvalue weighted by Crippen LogP contribution is 2.53. The molecule has 5 nitrogen and oxygen atoms in total. The van der Waals surface area contributed by atoms with Crippen molar-refractivity contribution in [1.82, 2.24) is 4.90 Å². The van der Waals surface area contributed by atoms with Gasteiger partial charge in [-0.1, -0.05) is 0 Å². The molecule has 0 amide bonds. The Morgan fingerprint density at radius 2 is 1.95 bits per heavy atom. The molecule has 0 aromatic rings. The van der Waals surface area contributed by atoms with E-state index in [0.717, 1.165) is 25.9 Å². The number of hydrogen-bond acceptors (Lipinski definition) is 5. The van der Waals surface area contributed by atoms with Crippen LogP contribution in [0.2, 0.25) is 0 Å². The number of aliphatic hydroxyl groups excluding tert-OH is 2. The quantitative estimate of drug-likeness (QED) is 0.561. The molecule has 6 atom stereocenters. The Labute approximate surface area is 120 Å². The molecular formula is C15H27NO4. The standard InChI is InChI=1S/C15H27NO4/c1-16-6-3-10(9-16)7-11-13(18)12(17)8-14(19)4-2-5-15(11,14)20/h10-13,17-20H,2-9H2,1H3. The van der Waals surface area contributed by atoms with Crippen LogP contribution in [0.15, 0.2) is 0 Å². The first-order valence-electron chi connectivity index (χ1n) is 7.85. The van der Waals surface area contributed by atoms with Gasteiger partial charge < -0.3 is 25.3 Å². The predicted octanol–water partition coefficient (Wildman–Crippen LogP) is -0.284. The van der Waals surface area contributed by atoms with E-state index in [1.54, 1.807) is 0 Å². The molecule has 0 spiro atoms. The van der Waals surface area contributed by atoms with Crippen LogP contribution >= 0.6 is 0 Å². The maximum Gasteiger partial charge on any atom is 0.0988 e. The van der Waals surface area contributed by atoms with Crippen LogP contribution in [0.3, 0.4) is 0 Å². The molecule has 1 heterocycles. The van der Waals surface area contributed by atoms with Gasteiger partial charge in [0.15, 0.2) is 0 Å². The van der Waals surface area contributed by atoms with Crippen LogP contribution in [-0.2, 0) is 0 Å². The molecule has 6 unspecified atom stereocenters. The lowest BCUT2D eigenvalue weighted by atomic mass is 9.62. The molecule has 1 saturated heterocycles. The number of hydrogen-bond donors (Lipinski definition) is 4. The highest BCUT2D eigenvalue weighted by molar-refractivity contribution is 5.15. The summed E-state index contributed by atoms with van der Waals surface area (Å²) in [6.45, 7) is 2.01. The van der Waals surface area contributed by atoms with E-state index in [1.807, 2.05) is 0 Å². The number of rotatable bonds is 2. The van der Waals surface area contributed by atoms with Crippen LogP contribution in [-0.4, -0.2) is 68.9 Å². The Balaban J connectivity index is 1.82. The molecule has 4 N–H and O–H groups in total. The maximum atomic E-state index is 11.0. The molecule has 2 aliphatic carbocycles. The van der Waals surface area contributed by atoms with Gasteiger partial charge in [-0.15, -0.1) is 0 Å². The molecule has 3 rings (SSSR count). The Bertz CT molecular complexity index is 379. The fourth-order valence-corrected chi connectivity index (χ4v) is 4.84. The number of fused-ring (bicyclic) bond motifs is 1. The molecule has 3 fully saturated rings. The van der Waals surface area contributed by atoms with Gasteiger partial charge in [-0.05, 0) is 51.6 Å². The largest absolute Gasteiger partial charge is 0.390 e. The monoisotopic (exact) mass is 285 g/mol. The van der Waals surface area contributed by atoms with Crippen LogP contribution in [0.4, 0.5) is 0 Å². The second kappa shape index (κ2) is 4.92. The third kappa shape index (κ3) is 2.11. The average Bonchev–Trinajstić information content (AvgIpc) is 2.90. The van der Waals surface area contributed by atoms with Crippen molar-refractivity contribution in [3.63, 3.8) is 0 Å². The third-order valence-corrected chi connectivity index (χ3v) is 6.00. The summed E-state index contributed by atoms with van der Waals surface area (Å²) in [5.41, 5.74) is -2.45. The van der Waals surface area contributed by atoms with E-state index < -0.39 is 29.3 Å². The Hall–Kier alpha value is -0.200. The van der Waals surface area contributed by atoms with Crippen molar-refractivity contribution in [2.45, 2.75) is 61.9 Å². The molecule has 3 aliphatic rings. The normalized spacial score (nSPS) is 53.2. The summed E-state index contributed by atoms with van der Waals surface area (Å²) in [5.74, 6) is 0.00840. The summed E-state index contributed by atoms with van der Waals surface area (Å²) in [4.78, 5) is 2.25. The summed E-state index contributed by atoms with van der Waals surface area (Å²) in [6, 6.07) is 0. The van der Waals surface area contributed by atoms with E-state index in [-0.39, 0.29) is 6.42 Å². The van der Waals surface area contributed by atoms with Gasteiger partial charge in [-0.3, -0.25) is 0 Å². The minimum Gasteiger partial charge on any atom is -0.390 e. The molecule has 116 valence electrons. The van der Waals surface area contributed by atoms with Crippen LogP contribution in [0.25, 0.3) is 0 Å². The second-order valence-electron chi connectivity index (χ2n) is 7.33. The summed E-state index contributed by atoms with van der Waals surface area (Å²) < 4.78 is 0. The summed E-state index contributed by atoms with van der Waals surface area (Å²) in [5, 5.41) is 42.2. The van der Waals surface area contributed by atoms with Crippen LogP contribution < -0.4 is 0 Å². The van der Waals surface area contributed by atoms with E-state index in [2.05, 4.69) is 11.9 Å². The zero-order chi connectivity index (χ0) is 14.5. The predicted molar refractivity (Wildman–Crippen MR) is 74.1 cm³/mol. The topological polar surface area (TPSA) is 84.2 Å². The van der Waals surface area contributed by atoms with E-state index in [9.17, 15) is 20.4 Å². The van der Waals surface area contributed by atoms with Gasteiger partial charge in [-0.25, -0.2) is 0 Å². The second-order valence-corrected chi connectivity index (χ2v) is 7.33. The van der Waals surface area contributed by atoms with Crippen molar-refractivity contribution < 1.29 is 20.4 Å². The van der Waals surface area contributed by atoms with Crippen LogP contribution in [0.1, 0.15) is 38.5 Å². The Kier molecular flexibility index (Phi) is 3.62. The molecule has 0 bridgehead atoms. The lowest BCUT2D eigenvalue weighted by Gasteiger charge is -2.52. The van der Waals surface area contributed by atoms with Gasteiger partial charge in [0.2, 0.25) is 0 Å². The van der Waals surface area contributed by atoms with Gasteiger partial charge in [0, 0.05) is 18.9 Å². The minimum atomic E-state index is -1.23. The SMILES string of the molecule is CN1CCC(CC2C(O)C(O)CC3(O)CCCC23O)C1. The lowest BCUT2D eigenvalue weighted by Crippen LogP contribution is -2.66. The van der Waals surface area contributed by atoms with Gasteiger partial charge in [0.25, 0.3) is 0 Å². The van der Waals surface area contributed by atoms with Gasteiger partial charge in [0.05, 0.1) is 23.4 Å². The Morgan fingerprint density at radius 1 is 1.20 bits per heavy atom. The molecule has 0 aromatic heterocycles. The average molecular weight is 285 g/mol. The zero-order valence-electron chi connectivity index (χ0n) is 12.2. The van der Waals surface area contributed by atoms with Crippen molar-refractivity contribution in [2.24, 2.45) is 11.8 Å². The van der Waals surface area contributed by atoms with Gasteiger partial charge >= 0.3 is 0 Å². The first kappa shape index (κ1) is 14.7. The zero-order valence-corrected chi connectivity index (χ0v) is 12.2. The molecular weight excluding hydrogens is 258 g/mol. The molecule has 2 saturated carbocycles. The lowest BCUT2D eigenvalue weighted by molar-refractivity contribution is -0.242. The highest BCUT2D eigenvalue weighted by atomic mass is 16.4. The van der Waals surface area contributed by atoms with Crippen molar-refractivity contribution in [2.75, 3.05) is 20.1 Å². The maximum absolute atomic E-state index is 11.0. The third-order valence-electron chi connectivity index (χ3n) is 6.00. The number of aliphatic hydroxyl groups is 4. The van der Waals surface area contributed by atoms with Crippen LogP contribution in [0.5, 0.6) is 0 Å². The van der Waals surface area contributed by atoms with Crippen molar-refractivity contribution >= 4 is 0 Å². The minimum absolute atomic E-state index is 0.0890. The summed E-state index contributed by atoms with van der Waals surface area (Å²) in [6.07, 6.45) is 1.78. The van der Waals surface area contributed by atoms with E-state index >= 15 is 0 Å². The number of likely N-dealkylation sites (tertiary alicyclic amines) is 1. The smallest absolute Gasteiger partial charge is 0.0988 e. The Morgan fingerprint density at radius 3 is 2.60 bits per heavy atom. The molecule has 0 aromatic carbocycles. The fourth-order valence-electron chi connectivity index (χ4n) is 4.84. The number of nitrogens with zero attached hydrogens (tertiary/aromatic N) is 1. The molecule has 0 radical (unpaired) electrons. The fraction of sp³-hybridized carbons (Fsp3) is 1.00. The van der Waals surface area contributed by atoms with E-state index in [4.69, 9.17) is 0 Å². The van der Waals surface area contributed by atoms with Gasteiger partial charge in [0.1, 0.15) is 0 Å². The molecule has 20 heavy (non-hydrogen) atoms. The molecule has 5 heteroatoms. The summed E-state index contributed by atoms with van der Waals surface area (Å²) in [7, 11) is 2.08. The first-order valence-corrected chi connectivity index (χ1v) is 7.85. The van der Waals surface area contributed by atoms with Crippen LogP contribution in [0, 0.1) is 11.8 Å².